The molecule has 2 aromatic heterocycles. The molecule has 0 aliphatic carbocycles. The number of nitrogens with zero attached hydrogens (tertiary/aromatic N) is 1. The number of nitrogens with one attached hydrogen (secondary N) is 1. The highest BCUT2D eigenvalue weighted by Crippen LogP contribution is 2.08. The van der Waals surface area contributed by atoms with Gasteiger partial charge < -0.3 is 4.98 Å². The first-order valence-corrected chi connectivity index (χ1v) is 3.19. The van der Waals surface area contributed by atoms with E-state index in [4.69, 9.17) is 0 Å². The van der Waals surface area contributed by atoms with Crippen LogP contribution in [0.1, 0.15) is 5.69 Å². The molecule has 0 saturated heterocycles. The average Bonchev–Trinajstić information content (AvgIpc) is 2.33. The molecular weight excluding hydrogens is 124 g/mol. The minimum absolute atomic E-state index is 0.926. The zero-order valence-electron chi connectivity index (χ0n) is 5.68. The first kappa shape index (κ1) is 5.47. The van der Waals surface area contributed by atoms with Gasteiger partial charge in [-0.2, -0.15) is 0 Å². The van der Waals surface area contributed by atoms with E-state index in [1.807, 2.05) is 25.3 Å². The van der Waals surface area contributed by atoms with Crippen molar-refractivity contribution in [3.8, 4) is 0 Å². The summed E-state index contributed by atoms with van der Waals surface area (Å²) in [5, 5.41) is 1.12. The minimum Gasteiger partial charge on any atom is -0.346 e. The Morgan fingerprint density at radius 2 is 2.50 bits per heavy atom. The quantitative estimate of drug-likeness (QED) is 0.578. The summed E-state index contributed by atoms with van der Waals surface area (Å²) < 4.78 is 0. The van der Waals surface area contributed by atoms with Crippen LogP contribution in [0, 0.1) is 13.0 Å². The fourth-order valence-electron chi connectivity index (χ4n) is 0.968. The number of aromatic amines is 1. The highest BCUT2D eigenvalue weighted by Gasteiger charge is 1.93. The van der Waals surface area contributed by atoms with Crippen LogP contribution < -0.4 is 0 Å². The van der Waals surface area contributed by atoms with Crippen molar-refractivity contribution in [2.75, 3.05) is 0 Å². The zero-order valence-corrected chi connectivity index (χ0v) is 5.68. The van der Waals surface area contributed by atoms with Crippen LogP contribution in [0.2, 0.25) is 0 Å². The van der Waals surface area contributed by atoms with Crippen LogP contribution in [0.15, 0.2) is 18.3 Å². The monoisotopic (exact) mass is 131 g/mol. The van der Waals surface area contributed by atoms with E-state index in [9.17, 15) is 0 Å². The van der Waals surface area contributed by atoms with E-state index in [0.717, 1.165) is 16.7 Å². The number of aromatic nitrogens is 2. The molecule has 1 N–H and O–H groups in total. The van der Waals surface area contributed by atoms with Crippen LogP contribution in [0.25, 0.3) is 11.0 Å². The second-order valence-electron chi connectivity index (χ2n) is 2.27. The highest BCUT2D eigenvalue weighted by atomic mass is 14.8. The van der Waals surface area contributed by atoms with Gasteiger partial charge in [0.05, 0.1) is 0 Å². The lowest BCUT2D eigenvalue weighted by Gasteiger charge is -1.89. The third-order valence-electron chi connectivity index (χ3n) is 1.47. The molecule has 0 atom stereocenters. The summed E-state index contributed by atoms with van der Waals surface area (Å²) in [6, 6.07) is 6.95. The maximum Gasteiger partial charge on any atom is 0.137 e. The molecule has 0 spiro atoms. The molecule has 2 aromatic rings. The van der Waals surface area contributed by atoms with Gasteiger partial charge in [0.15, 0.2) is 0 Å². The topological polar surface area (TPSA) is 28.7 Å². The van der Waals surface area contributed by atoms with Gasteiger partial charge in [-0.15, -0.1) is 0 Å². The van der Waals surface area contributed by atoms with E-state index in [0.29, 0.717) is 0 Å². The number of fused-ring (bicyclic) bond motifs is 1. The molecule has 0 aliphatic heterocycles. The van der Waals surface area contributed by atoms with Crippen LogP contribution in [0.5, 0.6) is 0 Å². The lowest BCUT2D eigenvalue weighted by atomic mass is 10.3. The first-order chi connectivity index (χ1) is 4.86. The molecule has 49 valence electrons. The molecule has 2 rings (SSSR count). The summed E-state index contributed by atoms with van der Waals surface area (Å²) in [5.74, 6) is 0. The van der Waals surface area contributed by atoms with Crippen molar-refractivity contribution in [1.82, 2.24) is 9.97 Å². The maximum absolute atomic E-state index is 4.22. The Bertz CT molecular complexity index is 349. The van der Waals surface area contributed by atoms with Crippen molar-refractivity contribution in [3.05, 3.63) is 30.1 Å². The molecule has 0 aliphatic rings. The maximum atomic E-state index is 4.22. The van der Waals surface area contributed by atoms with E-state index in [1.165, 1.54) is 0 Å². The summed E-state index contributed by atoms with van der Waals surface area (Å²) >= 11 is 0. The summed E-state index contributed by atoms with van der Waals surface area (Å²) in [6.45, 7) is 1.93. The molecule has 0 bridgehead atoms. The second-order valence-corrected chi connectivity index (χ2v) is 2.27. The SMILES string of the molecule is Cc1[c]cc2cc[nH]c2n1. The van der Waals surface area contributed by atoms with Crippen molar-refractivity contribution in [2.24, 2.45) is 0 Å². The lowest BCUT2D eigenvalue weighted by molar-refractivity contribution is 1.22. The van der Waals surface area contributed by atoms with Gasteiger partial charge in [0.1, 0.15) is 5.65 Å². The number of hydrogen-bond acceptors (Lipinski definition) is 1. The molecule has 1 radical (unpaired) electrons. The summed E-state index contributed by atoms with van der Waals surface area (Å²) in [5.41, 5.74) is 1.87. The average molecular weight is 131 g/mol. The molecule has 2 nitrogen and oxygen atoms in total. The molecule has 0 amide bonds. The third-order valence-corrected chi connectivity index (χ3v) is 1.47. The minimum atomic E-state index is 0.926. The van der Waals surface area contributed by atoms with Gasteiger partial charge in [0, 0.05) is 23.3 Å². The van der Waals surface area contributed by atoms with E-state index < -0.39 is 0 Å². The van der Waals surface area contributed by atoms with E-state index in [-0.39, 0.29) is 0 Å². The van der Waals surface area contributed by atoms with Crippen molar-refractivity contribution < 1.29 is 0 Å². The Kier molecular flexibility index (Phi) is 1.01. The standard InChI is InChI=1S/C8H7N2/c1-6-2-3-7-4-5-9-8(7)10-6/h3-5H,1H3,(H,9,10). The Labute approximate surface area is 58.9 Å². The predicted octanol–water partition coefficient (Wildman–Crippen LogP) is 1.67. The van der Waals surface area contributed by atoms with Crippen molar-refractivity contribution in [1.29, 1.82) is 0 Å². The normalized spacial score (nSPS) is 10.5. The Morgan fingerprint density at radius 3 is 3.40 bits per heavy atom. The van der Waals surface area contributed by atoms with Crippen LogP contribution in [0.4, 0.5) is 0 Å². The van der Waals surface area contributed by atoms with Gasteiger partial charge in [0.2, 0.25) is 0 Å². The first-order valence-electron chi connectivity index (χ1n) is 3.19. The van der Waals surface area contributed by atoms with Crippen LogP contribution >= 0.6 is 0 Å². The molecule has 0 unspecified atom stereocenters. The van der Waals surface area contributed by atoms with Gasteiger partial charge in [-0.1, -0.05) is 0 Å². The van der Waals surface area contributed by atoms with E-state index in [2.05, 4.69) is 16.0 Å². The van der Waals surface area contributed by atoms with Gasteiger partial charge in [-0.3, -0.25) is 0 Å². The third kappa shape index (κ3) is 0.692. The lowest BCUT2D eigenvalue weighted by Crippen LogP contribution is -1.79. The number of aryl methyl sites for hydroxylation is 1. The molecular formula is C8H7N2. The molecule has 2 heterocycles. The largest absolute Gasteiger partial charge is 0.346 e. The highest BCUT2D eigenvalue weighted by molar-refractivity contribution is 5.74. The summed E-state index contributed by atoms with van der Waals surface area (Å²) in [7, 11) is 0. The fraction of sp³-hybridized carbons (Fsp3) is 0.125. The Balaban J connectivity index is 2.86. The number of pyridine rings is 1. The van der Waals surface area contributed by atoms with Gasteiger partial charge >= 0.3 is 0 Å². The predicted molar refractivity (Wildman–Crippen MR) is 39.7 cm³/mol. The number of H-pyrrole nitrogens is 1. The number of hydrogen-bond donors (Lipinski definition) is 1. The molecule has 0 fully saturated rings. The Hall–Kier alpha value is -1.31. The summed E-state index contributed by atoms with van der Waals surface area (Å²) in [4.78, 5) is 7.25. The fourth-order valence-corrected chi connectivity index (χ4v) is 0.968. The van der Waals surface area contributed by atoms with Crippen molar-refractivity contribution >= 4 is 11.0 Å². The van der Waals surface area contributed by atoms with Crippen LogP contribution in [0.3, 0.4) is 0 Å². The van der Waals surface area contributed by atoms with Crippen molar-refractivity contribution in [2.45, 2.75) is 6.92 Å². The Morgan fingerprint density at radius 1 is 1.60 bits per heavy atom. The summed E-state index contributed by atoms with van der Waals surface area (Å²) in [6.07, 6.45) is 1.88. The smallest absolute Gasteiger partial charge is 0.137 e. The van der Waals surface area contributed by atoms with Crippen LogP contribution in [-0.4, -0.2) is 9.97 Å². The second kappa shape index (κ2) is 1.84. The van der Waals surface area contributed by atoms with E-state index in [1.54, 1.807) is 0 Å². The molecule has 10 heavy (non-hydrogen) atoms. The van der Waals surface area contributed by atoms with Crippen LogP contribution in [-0.2, 0) is 0 Å². The van der Waals surface area contributed by atoms with Gasteiger partial charge in [-0.05, 0) is 19.1 Å². The van der Waals surface area contributed by atoms with Gasteiger partial charge in [-0.25, -0.2) is 4.98 Å². The molecule has 0 aromatic carbocycles. The molecule has 0 saturated carbocycles. The van der Waals surface area contributed by atoms with Gasteiger partial charge in [0.25, 0.3) is 0 Å². The van der Waals surface area contributed by atoms with E-state index >= 15 is 0 Å². The number of rotatable bonds is 0. The molecule has 2 heteroatoms. The van der Waals surface area contributed by atoms with Crippen molar-refractivity contribution in [3.63, 3.8) is 0 Å². The zero-order chi connectivity index (χ0) is 6.97.